The van der Waals surface area contributed by atoms with E-state index < -0.39 is 0 Å². The van der Waals surface area contributed by atoms with Gasteiger partial charge in [-0.3, -0.25) is 0 Å². The summed E-state index contributed by atoms with van der Waals surface area (Å²) >= 11 is 0. The summed E-state index contributed by atoms with van der Waals surface area (Å²) in [6.07, 6.45) is 7.44. The summed E-state index contributed by atoms with van der Waals surface area (Å²) < 4.78 is 0. The van der Waals surface area contributed by atoms with Crippen molar-refractivity contribution in [1.82, 2.24) is 10.2 Å². The van der Waals surface area contributed by atoms with Gasteiger partial charge in [-0.15, -0.1) is 0 Å². The Labute approximate surface area is 99.2 Å². The maximum Gasteiger partial charge on any atom is 0.0431 e. The lowest BCUT2D eigenvalue weighted by atomic mass is 9.97. The van der Waals surface area contributed by atoms with Gasteiger partial charge in [0.25, 0.3) is 0 Å². The Balaban J connectivity index is 1.75. The van der Waals surface area contributed by atoms with Gasteiger partial charge < -0.3 is 15.3 Å². The maximum absolute atomic E-state index is 8.82. The summed E-state index contributed by atoms with van der Waals surface area (Å²) in [5.74, 6) is 0. The van der Waals surface area contributed by atoms with Gasteiger partial charge in [0.1, 0.15) is 0 Å². The van der Waals surface area contributed by atoms with Gasteiger partial charge in [0, 0.05) is 30.8 Å². The van der Waals surface area contributed by atoms with Crippen LogP contribution in [0.1, 0.15) is 45.4 Å². The van der Waals surface area contributed by atoms with Gasteiger partial charge in [0.2, 0.25) is 0 Å². The van der Waals surface area contributed by atoms with Crippen LogP contribution in [0.15, 0.2) is 0 Å². The van der Waals surface area contributed by atoms with E-state index in [9.17, 15) is 0 Å². The third-order valence-electron chi connectivity index (χ3n) is 4.41. The topological polar surface area (TPSA) is 35.5 Å². The number of rotatable bonds is 5. The third-order valence-corrected chi connectivity index (χ3v) is 4.41. The molecule has 2 rings (SSSR count). The van der Waals surface area contributed by atoms with E-state index in [1.807, 2.05) is 0 Å². The highest BCUT2D eigenvalue weighted by Crippen LogP contribution is 2.34. The van der Waals surface area contributed by atoms with Crippen molar-refractivity contribution in [3.8, 4) is 0 Å². The molecule has 0 spiro atoms. The zero-order valence-corrected chi connectivity index (χ0v) is 10.7. The van der Waals surface area contributed by atoms with Crippen LogP contribution in [-0.2, 0) is 0 Å². The zero-order chi connectivity index (χ0) is 11.5. The Kier molecular flexibility index (Phi) is 4.22. The standard InChI is InChI=1S/C13H26N2O/c1-10(4-3-7-16)14-11-8-12-5-6-13(9-11)15(12)2/h10-14,16H,3-9H2,1-2H3. The van der Waals surface area contributed by atoms with Crippen LogP contribution < -0.4 is 5.32 Å². The van der Waals surface area contributed by atoms with E-state index in [1.165, 1.54) is 25.7 Å². The minimum atomic E-state index is 0.324. The van der Waals surface area contributed by atoms with E-state index in [0.29, 0.717) is 18.7 Å². The van der Waals surface area contributed by atoms with Crippen molar-refractivity contribution in [1.29, 1.82) is 0 Å². The lowest BCUT2D eigenvalue weighted by Gasteiger charge is -2.38. The highest BCUT2D eigenvalue weighted by atomic mass is 16.2. The molecule has 0 saturated carbocycles. The van der Waals surface area contributed by atoms with E-state index in [-0.39, 0.29) is 0 Å². The molecule has 3 atom stereocenters. The molecule has 3 heteroatoms. The lowest BCUT2D eigenvalue weighted by Crippen LogP contribution is -2.49. The van der Waals surface area contributed by atoms with Gasteiger partial charge in [0.15, 0.2) is 0 Å². The average molecular weight is 226 g/mol. The van der Waals surface area contributed by atoms with Crippen molar-refractivity contribution >= 4 is 0 Å². The van der Waals surface area contributed by atoms with Crippen LogP contribution in [0.5, 0.6) is 0 Å². The Morgan fingerprint density at radius 2 is 1.94 bits per heavy atom. The van der Waals surface area contributed by atoms with Crippen LogP contribution in [0.2, 0.25) is 0 Å². The van der Waals surface area contributed by atoms with Crippen molar-refractivity contribution in [3.05, 3.63) is 0 Å². The van der Waals surface area contributed by atoms with Crippen LogP contribution in [0, 0.1) is 0 Å². The summed E-state index contributed by atoms with van der Waals surface area (Å²) in [6.45, 7) is 2.57. The van der Waals surface area contributed by atoms with Gasteiger partial charge in [-0.25, -0.2) is 0 Å². The fraction of sp³-hybridized carbons (Fsp3) is 1.00. The molecule has 0 aromatic heterocycles. The first-order valence-electron chi connectivity index (χ1n) is 6.79. The first-order chi connectivity index (χ1) is 7.70. The number of piperidine rings is 1. The minimum Gasteiger partial charge on any atom is -0.396 e. The van der Waals surface area contributed by atoms with E-state index in [1.54, 1.807) is 0 Å². The quantitative estimate of drug-likeness (QED) is 0.743. The van der Waals surface area contributed by atoms with Gasteiger partial charge in [-0.2, -0.15) is 0 Å². The molecule has 2 aliphatic rings. The summed E-state index contributed by atoms with van der Waals surface area (Å²) in [7, 11) is 2.29. The summed E-state index contributed by atoms with van der Waals surface area (Å²) in [5, 5.41) is 12.6. The number of nitrogens with zero attached hydrogens (tertiary/aromatic N) is 1. The molecule has 0 radical (unpaired) electrons. The minimum absolute atomic E-state index is 0.324. The molecule has 2 aliphatic heterocycles. The molecule has 0 amide bonds. The molecule has 16 heavy (non-hydrogen) atoms. The van der Waals surface area contributed by atoms with E-state index >= 15 is 0 Å². The van der Waals surface area contributed by atoms with Gasteiger partial charge >= 0.3 is 0 Å². The monoisotopic (exact) mass is 226 g/mol. The Morgan fingerprint density at radius 3 is 2.50 bits per heavy atom. The van der Waals surface area contributed by atoms with Crippen molar-refractivity contribution < 1.29 is 5.11 Å². The van der Waals surface area contributed by atoms with Crippen molar-refractivity contribution in [2.75, 3.05) is 13.7 Å². The molecule has 3 nitrogen and oxygen atoms in total. The van der Waals surface area contributed by atoms with Crippen LogP contribution >= 0.6 is 0 Å². The molecule has 2 N–H and O–H groups in total. The number of aliphatic hydroxyl groups excluding tert-OH is 1. The Morgan fingerprint density at radius 1 is 1.31 bits per heavy atom. The molecule has 0 aromatic rings. The zero-order valence-electron chi connectivity index (χ0n) is 10.7. The van der Waals surface area contributed by atoms with Crippen molar-refractivity contribution in [2.45, 2.75) is 69.6 Å². The fourth-order valence-electron chi connectivity index (χ4n) is 3.43. The molecule has 94 valence electrons. The smallest absolute Gasteiger partial charge is 0.0431 e. The molecule has 2 fully saturated rings. The number of fused-ring (bicyclic) bond motifs is 2. The molecule has 0 aromatic carbocycles. The number of aliphatic hydroxyl groups is 1. The second-order valence-electron chi connectivity index (χ2n) is 5.65. The van der Waals surface area contributed by atoms with Crippen LogP contribution in [0.25, 0.3) is 0 Å². The predicted octanol–water partition coefficient (Wildman–Crippen LogP) is 1.36. The molecule has 2 saturated heterocycles. The number of nitrogens with one attached hydrogen (secondary N) is 1. The molecular formula is C13H26N2O. The average Bonchev–Trinajstić information content (AvgIpc) is 2.52. The van der Waals surface area contributed by atoms with Crippen LogP contribution in [0.3, 0.4) is 0 Å². The van der Waals surface area contributed by atoms with Crippen molar-refractivity contribution in [3.63, 3.8) is 0 Å². The fourth-order valence-corrected chi connectivity index (χ4v) is 3.43. The summed E-state index contributed by atoms with van der Waals surface area (Å²) in [4.78, 5) is 2.58. The van der Waals surface area contributed by atoms with E-state index in [2.05, 4.69) is 24.2 Å². The predicted molar refractivity (Wildman–Crippen MR) is 66.5 cm³/mol. The Hall–Kier alpha value is -0.120. The largest absolute Gasteiger partial charge is 0.396 e. The normalized spacial score (nSPS) is 36.6. The highest BCUT2D eigenvalue weighted by molar-refractivity contribution is 4.96. The van der Waals surface area contributed by atoms with Gasteiger partial charge in [-0.1, -0.05) is 0 Å². The van der Waals surface area contributed by atoms with Gasteiger partial charge in [-0.05, 0) is 52.5 Å². The van der Waals surface area contributed by atoms with Crippen LogP contribution in [0.4, 0.5) is 0 Å². The second kappa shape index (κ2) is 5.48. The summed E-state index contributed by atoms with van der Waals surface area (Å²) in [5.41, 5.74) is 0. The highest BCUT2D eigenvalue weighted by Gasteiger charge is 2.38. The van der Waals surface area contributed by atoms with E-state index in [4.69, 9.17) is 5.11 Å². The molecular weight excluding hydrogens is 200 g/mol. The number of hydrogen-bond acceptors (Lipinski definition) is 3. The molecule has 0 aliphatic carbocycles. The molecule has 2 heterocycles. The number of hydrogen-bond donors (Lipinski definition) is 2. The van der Waals surface area contributed by atoms with Crippen molar-refractivity contribution in [2.24, 2.45) is 0 Å². The third kappa shape index (κ3) is 2.76. The SMILES string of the molecule is CC(CCCO)NC1CC2CCC(C1)N2C. The molecule has 3 unspecified atom stereocenters. The Bertz CT molecular complexity index is 208. The van der Waals surface area contributed by atoms with Crippen LogP contribution in [-0.4, -0.2) is 47.8 Å². The first-order valence-corrected chi connectivity index (χ1v) is 6.79. The van der Waals surface area contributed by atoms with Gasteiger partial charge in [0.05, 0.1) is 0 Å². The maximum atomic E-state index is 8.82. The molecule has 2 bridgehead atoms. The van der Waals surface area contributed by atoms with E-state index in [0.717, 1.165) is 24.9 Å². The lowest BCUT2D eigenvalue weighted by molar-refractivity contribution is 0.142. The second-order valence-corrected chi connectivity index (χ2v) is 5.65. The summed E-state index contributed by atoms with van der Waals surface area (Å²) in [6, 6.07) is 2.91. The first kappa shape index (κ1) is 12.3.